The van der Waals surface area contributed by atoms with Crippen LogP contribution < -0.4 is 5.32 Å². The molecule has 1 atom stereocenters. The summed E-state index contributed by atoms with van der Waals surface area (Å²) in [5, 5.41) is 3.63. The first kappa shape index (κ1) is 15.5. The van der Waals surface area contributed by atoms with Gasteiger partial charge in [0.2, 0.25) is 0 Å². The van der Waals surface area contributed by atoms with Gasteiger partial charge in [0.05, 0.1) is 0 Å². The first-order valence-corrected chi connectivity index (χ1v) is 7.91. The Morgan fingerprint density at radius 1 is 1.15 bits per heavy atom. The number of hydrogen-bond acceptors (Lipinski definition) is 2. The third-order valence-electron chi connectivity index (χ3n) is 5.41. The van der Waals surface area contributed by atoms with Crippen molar-refractivity contribution in [2.24, 2.45) is 0 Å². The Balaban J connectivity index is 2.28. The minimum Gasteiger partial charge on any atom is -0.315 e. The summed E-state index contributed by atoms with van der Waals surface area (Å²) in [5.41, 5.74) is 4.71. The van der Waals surface area contributed by atoms with Gasteiger partial charge in [-0.05, 0) is 70.9 Å². The van der Waals surface area contributed by atoms with Crippen LogP contribution in [0, 0.1) is 13.8 Å². The topological polar surface area (TPSA) is 15.3 Å². The van der Waals surface area contributed by atoms with Gasteiger partial charge in [0.25, 0.3) is 0 Å². The Kier molecular flexibility index (Phi) is 4.87. The van der Waals surface area contributed by atoms with Gasteiger partial charge in [-0.3, -0.25) is 0 Å². The van der Waals surface area contributed by atoms with Crippen molar-refractivity contribution in [3.05, 3.63) is 34.9 Å². The second kappa shape index (κ2) is 6.28. The highest BCUT2D eigenvalue weighted by Crippen LogP contribution is 2.38. The molecule has 0 aliphatic heterocycles. The summed E-state index contributed by atoms with van der Waals surface area (Å²) < 4.78 is 0. The van der Waals surface area contributed by atoms with E-state index in [1.807, 2.05) is 0 Å². The van der Waals surface area contributed by atoms with Crippen molar-refractivity contribution in [3.63, 3.8) is 0 Å². The van der Waals surface area contributed by atoms with E-state index in [-0.39, 0.29) is 0 Å². The summed E-state index contributed by atoms with van der Waals surface area (Å²) in [6, 6.07) is 7.18. The molecular weight excluding hydrogens is 244 g/mol. The second-order valence-electron chi connectivity index (χ2n) is 6.62. The minimum atomic E-state index is 0.323. The monoisotopic (exact) mass is 274 g/mol. The molecule has 20 heavy (non-hydrogen) atoms. The Bertz CT molecular complexity index is 424. The lowest BCUT2D eigenvalue weighted by Crippen LogP contribution is -2.57. The molecule has 1 aliphatic carbocycles. The van der Waals surface area contributed by atoms with Crippen molar-refractivity contribution in [1.29, 1.82) is 0 Å². The van der Waals surface area contributed by atoms with Crippen LogP contribution in [0.5, 0.6) is 0 Å². The number of likely N-dealkylation sites (N-methyl/N-ethyl adjacent to an activating group) is 2. The lowest BCUT2D eigenvalue weighted by Gasteiger charge is -2.43. The fourth-order valence-electron chi connectivity index (χ4n) is 4.03. The molecule has 112 valence electrons. The lowest BCUT2D eigenvalue weighted by molar-refractivity contribution is 0.108. The van der Waals surface area contributed by atoms with Crippen LogP contribution in [0.15, 0.2) is 18.2 Å². The summed E-state index contributed by atoms with van der Waals surface area (Å²) >= 11 is 0. The maximum absolute atomic E-state index is 3.63. The van der Waals surface area contributed by atoms with Crippen LogP contribution in [0.3, 0.4) is 0 Å². The molecule has 0 bridgehead atoms. The molecule has 1 aliphatic rings. The molecule has 0 saturated heterocycles. The maximum atomic E-state index is 3.63. The van der Waals surface area contributed by atoms with Gasteiger partial charge in [0, 0.05) is 11.6 Å². The van der Waals surface area contributed by atoms with Gasteiger partial charge in [-0.15, -0.1) is 0 Å². The molecule has 1 N–H and O–H groups in total. The SMILES string of the molecule is CNC(Cc1c(C)cccc1C)C1(N(C)C)CCCC1. The van der Waals surface area contributed by atoms with Crippen molar-refractivity contribution < 1.29 is 0 Å². The molecule has 0 amide bonds. The van der Waals surface area contributed by atoms with Crippen LogP contribution in [-0.2, 0) is 6.42 Å². The highest BCUT2D eigenvalue weighted by molar-refractivity contribution is 5.34. The maximum Gasteiger partial charge on any atom is 0.0359 e. The van der Waals surface area contributed by atoms with Gasteiger partial charge in [-0.25, -0.2) is 0 Å². The van der Waals surface area contributed by atoms with Gasteiger partial charge in [0.15, 0.2) is 0 Å². The van der Waals surface area contributed by atoms with Crippen molar-refractivity contribution in [3.8, 4) is 0 Å². The smallest absolute Gasteiger partial charge is 0.0359 e. The standard InChI is InChI=1S/C18H30N2/c1-14-9-8-10-15(2)16(14)13-17(19-3)18(20(4)5)11-6-7-12-18/h8-10,17,19H,6-7,11-13H2,1-5H3. The van der Waals surface area contributed by atoms with Crippen molar-refractivity contribution >= 4 is 0 Å². The van der Waals surface area contributed by atoms with Gasteiger partial charge in [-0.2, -0.15) is 0 Å². The van der Waals surface area contributed by atoms with Gasteiger partial charge in [0.1, 0.15) is 0 Å². The second-order valence-corrected chi connectivity index (χ2v) is 6.62. The van der Waals surface area contributed by atoms with E-state index < -0.39 is 0 Å². The van der Waals surface area contributed by atoms with E-state index in [0.29, 0.717) is 11.6 Å². The molecule has 2 nitrogen and oxygen atoms in total. The molecule has 2 heteroatoms. The molecule has 1 fully saturated rings. The first-order valence-electron chi connectivity index (χ1n) is 7.91. The molecular formula is C18H30N2. The van der Waals surface area contributed by atoms with Crippen molar-refractivity contribution in [2.75, 3.05) is 21.1 Å². The van der Waals surface area contributed by atoms with Crippen molar-refractivity contribution in [2.45, 2.75) is 57.5 Å². The summed E-state index contributed by atoms with van der Waals surface area (Å²) in [7, 11) is 6.63. The van der Waals surface area contributed by atoms with Gasteiger partial charge >= 0.3 is 0 Å². The van der Waals surface area contributed by atoms with E-state index in [2.05, 4.69) is 63.4 Å². The summed E-state index contributed by atoms with van der Waals surface area (Å²) in [6.07, 6.45) is 6.49. The molecule has 1 aromatic carbocycles. The molecule has 0 spiro atoms. The number of aryl methyl sites for hydroxylation is 2. The first-order chi connectivity index (χ1) is 9.51. The predicted octanol–water partition coefficient (Wildman–Crippen LogP) is 3.31. The van der Waals surface area contributed by atoms with E-state index in [9.17, 15) is 0 Å². The average molecular weight is 274 g/mol. The quantitative estimate of drug-likeness (QED) is 0.886. The largest absolute Gasteiger partial charge is 0.315 e. The van der Waals surface area contributed by atoms with Crippen molar-refractivity contribution in [1.82, 2.24) is 10.2 Å². The van der Waals surface area contributed by atoms with Crippen LogP contribution in [0.25, 0.3) is 0 Å². The van der Waals surface area contributed by atoms with Crippen LogP contribution in [0.4, 0.5) is 0 Å². The summed E-state index contributed by atoms with van der Waals surface area (Å²) in [6.45, 7) is 4.48. The third kappa shape index (κ3) is 2.77. The zero-order valence-electron chi connectivity index (χ0n) is 13.8. The molecule has 1 aromatic rings. The molecule has 0 radical (unpaired) electrons. The highest BCUT2D eigenvalue weighted by atomic mass is 15.2. The number of hydrogen-bond donors (Lipinski definition) is 1. The Hall–Kier alpha value is -0.860. The lowest BCUT2D eigenvalue weighted by atomic mass is 9.81. The van der Waals surface area contributed by atoms with E-state index in [1.54, 1.807) is 0 Å². The highest BCUT2D eigenvalue weighted by Gasteiger charge is 2.42. The number of nitrogens with one attached hydrogen (secondary N) is 1. The molecule has 1 saturated carbocycles. The predicted molar refractivity (Wildman–Crippen MR) is 87.4 cm³/mol. The molecule has 2 rings (SSSR count). The molecule has 0 aromatic heterocycles. The molecule has 1 unspecified atom stereocenters. The average Bonchev–Trinajstić information content (AvgIpc) is 2.89. The van der Waals surface area contributed by atoms with Crippen LogP contribution in [0.1, 0.15) is 42.4 Å². The number of rotatable bonds is 5. The number of benzene rings is 1. The fraction of sp³-hybridized carbons (Fsp3) is 0.667. The van der Waals surface area contributed by atoms with E-state index in [4.69, 9.17) is 0 Å². The van der Waals surface area contributed by atoms with Gasteiger partial charge in [-0.1, -0.05) is 31.0 Å². The minimum absolute atomic E-state index is 0.323. The number of nitrogens with zero attached hydrogens (tertiary/aromatic N) is 1. The Labute approximate surface area is 124 Å². The van der Waals surface area contributed by atoms with E-state index >= 15 is 0 Å². The third-order valence-corrected chi connectivity index (χ3v) is 5.41. The zero-order chi connectivity index (χ0) is 14.8. The van der Waals surface area contributed by atoms with Crippen LogP contribution in [-0.4, -0.2) is 37.6 Å². The van der Waals surface area contributed by atoms with Gasteiger partial charge < -0.3 is 10.2 Å². The van der Waals surface area contributed by atoms with E-state index in [1.165, 1.54) is 42.4 Å². The Morgan fingerprint density at radius 2 is 1.70 bits per heavy atom. The molecule has 0 heterocycles. The normalized spacial score (nSPS) is 19.5. The fourth-order valence-corrected chi connectivity index (χ4v) is 4.03. The van der Waals surface area contributed by atoms with E-state index in [0.717, 1.165) is 6.42 Å². The Morgan fingerprint density at radius 3 is 2.15 bits per heavy atom. The zero-order valence-corrected chi connectivity index (χ0v) is 13.8. The van der Waals surface area contributed by atoms with Crippen LogP contribution >= 0.6 is 0 Å². The summed E-state index contributed by atoms with van der Waals surface area (Å²) in [4.78, 5) is 2.47. The summed E-state index contributed by atoms with van der Waals surface area (Å²) in [5.74, 6) is 0. The van der Waals surface area contributed by atoms with Crippen LogP contribution in [0.2, 0.25) is 0 Å².